The van der Waals surface area contributed by atoms with Crippen LogP contribution in [0.1, 0.15) is 49.7 Å². The van der Waals surface area contributed by atoms with Gasteiger partial charge in [-0.25, -0.2) is 18.1 Å². The topological polar surface area (TPSA) is 62.3 Å². The summed E-state index contributed by atoms with van der Waals surface area (Å²) in [7, 11) is -3.15. The summed E-state index contributed by atoms with van der Waals surface area (Å²) in [5.41, 5.74) is 1.06. The largest absolute Gasteiger partial charge is 0.297 e. The second-order valence-corrected chi connectivity index (χ2v) is 8.43. The highest BCUT2D eigenvalue weighted by Crippen LogP contribution is 2.15. The molecule has 0 saturated carbocycles. The third-order valence-electron chi connectivity index (χ3n) is 3.64. The van der Waals surface area contributed by atoms with E-state index in [0.29, 0.717) is 13.0 Å². The van der Waals surface area contributed by atoms with Crippen LogP contribution in [0, 0.1) is 0 Å². The van der Waals surface area contributed by atoms with Crippen LogP contribution in [-0.4, -0.2) is 37.1 Å². The van der Waals surface area contributed by atoms with Gasteiger partial charge in [0.25, 0.3) is 0 Å². The Bertz CT molecular complexity index is 522. The Balaban J connectivity index is 1.79. The summed E-state index contributed by atoms with van der Waals surface area (Å²) in [4.78, 5) is 6.96. The molecule has 1 aliphatic heterocycles. The van der Waals surface area contributed by atoms with E-state index in [4.69, 9.17) is 0 Å². The summed E-state index contributed by atoms with van der Waals surface area (Å²) >= 11 is 1.54. The molecule has 1 aromatic heterocycles. The quantitative estimate of drug-likeness (QED) is 0.794. The van der Waals surface area contributed by atoms with Gasteiger partial charge in [-0.2, -0.15) is 0 Å². The number of rotatable bonds is 8. The molecule has 0 unspecified atom stereocenters. The second-order valence-electron chi connectivity index (χ2n) is 5.56. The molecular weight excluding hydrogens is 306 g/mol. The van der Waals surface area contributed by atoms with Crippen molar-refractivity contribution in [2.24, 2.45) is 0 Å². The van der Waals surface area contributed by atoms with Gasteiger partial charge in [0.1, 0.15) is 5.01 Å². The first-order valence-electron chi connectivity index (χ1n) is 7.72. The molecule has 0 amide bonds. The van der Waals surface area contributed by atoms with E-state index in [1.807, 2.05) is 12.3 Å². The maximum absolute atomic E-state index is 11.7. The average molecular weight is 332 g/mol. The molecule has 7 heteroatoms. The van der Waals surface area contributed by atoms with Crippen molar-refractivity contribution in [3.05, 3.63) is 16.1 Å². The first-order valence-corrected chi connectivity index (χ1v) is 10.3. The van der Waals surface area contributed by atoms with E-state index in [-0.39, 0.29) is 5.75 Å². The van der Waals surface area contributed by atoms with E-state index >= 15 is 0 Å². The van der Waals surface area contributed by atoms with Gasteiger partial charge in [0.15, 0.2) is 0 Å². The lowest BCUT2D eigenvalue weighted by Gasteiger charge is -2.25. The first-order chi connectivity index (χ1) is 10.1. The first kappa shape index (κ1) is 16.9. The Morgan fingerprint density at radius 1 is 1.33 bits per heavy atom. The molecule has 0 aromatic carbocycles. The maximum Gasteiger partial charge on any atom is 0.211 e. The zero-order valence-electron chi connectivity index (χ0n) is 12.7. The standard InChI is InChI=1S/C14H25N3O2S2/c1-2-3-9-21(18,19)15-10-14-16-13(12-20-14)11-17-7-5-4-6-8-17/h12,15H,2-11H2,1H3. The number of sulfonamides is 1. The number of piperidine rings is 1. The van der Waals surface area contributed by atoms with Crippen LogP contribution in [0.4, 0.5) is 0 Å². The molecule has 2 rings (SSSR count). The fraction of sp³-hybridized carbons (Fsp3) is 0.786. The molecule has 0 bridgehead atoms. The molecule has 0 aliphatic carbocycles. The second kappa shape index (κ2) is 8.22. The van der Waals surface area contributed by atoms with E-state index < -0.39 is 10.0 Å². The van der Waals surface area contributed by atoms with Crippen molar-refractivity contribution in [3.63, 3.8) is 0 Å². The zero-order valence-corrected chi connectivity index (χ0v) is 14.3. The molecule has 1 aromatic rings. The van der Waals surface area contributed by atoms with Crippen molar-refractivity contribution in [3.8, 4) is 0 Å². The van der Waals surface area contributed by atoms with Crippen LogP contribution in [0.3, 0.4) is 0 Å². The van der Waals surface area contributed by atoms with Crippen molar-refractivity contribution in [2.45, 2.75) is 52.1 Å². The lowest BCUT2D eigenvalue weighted by Crippen LogP contribution is -2.29. The van der Waals surface area contributed by atoms with Crippen molar-refractivity contribution < 1.29 is 8.42 Å². The Morgan fingerprint density at radius 2 is 2.10 bits per heavy atom. The zero-order chi connectivity index (χ0) is 15.1. The Labute approximate surface area is 131 Å². The fourth-order valence-corrected chi connectivity index (χ4v) is 4.41. The lowest BCUT2D eigenvalue weighted by molar-refractivity contribution is 0.219. The third kappa shape index (κ3) is 6.02. The van der Waals surface area contributed by atoms with Gasteiger partial charge in [-0.3, -0.25) is 4.90 Å². The SMILES string of the molecule is CCCCS(=O)(=O)NCc1nc(CN2CCCCC2)cs1. The molecular formula is C14H25N3O2S2. The van der Waals surface area contributed by atoms with Crippen LogP contribution in [0.15, 0.2) is 5.38 Å². The highest BCUT2D eigenvalue weighted by atomic mass is 32.2. The van der Waals surface area contributed by atoms with Crippen LogP contribution in [0.5, 0.6) is 0 Å². The minimum absolute atomic E-state index is 0.204. The van der Waals surface area contributed by atoms with E-state index in [0.717, 1.165) is 36.8 Å². The van der Waals surface area contributed by atoms with Crippen LogP contribution in [0.25, 0.3) is 0 Å². The maximum atomic E-state index is 11.7. The Kier molecular flexibility index (Phi) is 6.60. The summed E-state index contributed by atoms with van der Waals surface area (Å²) in [6, 6.07) is 0. The van der Waals surface area contributed by atoms with Gasteiger partial charge in [-0.15, -0.1) is 11.3 Å². The van der Waals surface area contributed by atoms with E-state index in [1.165, 1.54) is 30.6 Å². The van der Waals surface area contributed by atoms with Gasteiger partial charge in [0.2, 0.25) is 10.0 Å². The molecule has 2 heterocycles. The lowest BCUT2D eigenvalue weighted by atomic mass is 10.1. The summed E-state index contributed by atoms with van der Waals surface area (Å²) in [6.07, 6.45) is 5.46. The van der Waals surface area contributed by atoms with E-state index in [2.05, 4.69) is 14.6 Å². The smallest absolute Gasteiger partial charge is 0.211 e. The molecule has 5 nitrogen and oxygen atoms in total. The van der Waals surface area contributed by atoms with Gasteiger partial charge in [0.05, 0.1) is 18.0 Å². The van der Waals surface area contributed by atoms with Gasteiger partial charge in [-0.05, 0) is 32.4 Å². The Morgan fingerprint density at radius 3 is 2.81 bits per heavy atom. The average Bonchev–Trinajstić information content (AvgIpc) is 2.92. The molecule has 1 aliphatic rings. The van der Waals surface area contributed by atoms with Crippen molar-refractivity contribution in [1.29, 1.82) is 0 Å². The van der Waals surface area contributed by atoms with Crippen LogP contribution < -0.4 is 4.72 Å². The normalized spacial score (nSPS) is 17.2. The van der Waals surface area contributed by atoms with E-state index in [1.54, 1.807) is 0 Å². The van der Waals surface area contributed by atoms with Crippen molar-refractivity contribution >= 4 is 21.4 Å². The number of unbranched alkanes of at least 4 members (excludes halogenated alkanes) is 1. The summed E-state index contributed by atoms with van der Waals surface area (Å²) in [5, 5.41) is 2.90. The number of thiazole rings is 1. The van der Waals surface area contributed by atoms with Crippen LogP contribution in [0.2, 0.25) is 0 Å². The summed E-state index contributed by atoms with van der Waals surface area (Å²) in [5.74, 6) is 0.204. The number of hydrogen-bond donors (Lipinski definition) is 1. The van der Waals surface area contributed by atoms with Crippen molar-refractivity contribution in [2.75, 3.05) is 18.8 Å². The predicted molar refractivity (Wildman–Crippen MR) is 86.8 cm³/mol. The molecule has 1 fully saturated rings. The monoisotopic (exact) mass is 331 g/mol. The van der Waals surface area contributed by atoms with Crippen molar-refractivity contribution in [1.82, 2.24) is 14.6 Å². The molecule has 1 saturated heterocycles. The molecule has 0 spiro atoms. The minimum Gasteiger partial charge on any atom is -0.297 e. The number of aromatic nitrogens is 1. The molecule has 120 valence electrons. The fourth-order valence-electron chi connectivity index (χ4n) is 2.43. The number of nitrogens with zero attached hydrogens (tertiary/aromatic N) is 2. The number of likely N-dealkylation sites (tertiary alicyclic amines) is 1. The van der Waals surface area contributed by atoms with Crippen LogP contribution in [-0.2, 0) is 23.1 Å². The van der Waals surface area contributed by atoms with Crippen LogP contribution >= 0.6 is 11.3 Å². The highest BCUT2D eigenvalue weighted by Gasteiger charge is 2.14. The van der Waals surface area contributed by atoms with E-state index in [9.17, 15) is 8.42 Å². The Hall–Kier alpha value is -0.500. The van der Waals surface area contributed by atoms with Gasteiger partial charge in [-0.1, -0.05) is 19.8 Å². The molecule has 0 radical (unpaired) electrons. The third-order valence-corrected chi connectivity index (χ3v) is 5.95. The van der Waals surface area contributed by atoms with Gasteiger partial charge < -0.3 is 0 Å². The predicted octanol–water partition coefficient (Wildman–Crippen LogP) is 2.35. The summed E-state index contributed by atoms with van der Waals surface area (Å²) < 4.78 is 26.1. The highest BCUT2D eigenvalue weighted by molar-refractivity contribution is 7.89. The number of nitrogens with one attached hydrogen (secondary N) is 1. The number of hydrogen-bond acceptors (Lipinski definition) is 5. The van der Waals surface area contributed by atoms with Gasteiger partial charge >= 0.3 is 0 Å². The molecule has 0 atom stereocenters. The summed E-state index contributed by atoms with van der Waals surface area (Å²) in [6.45, 7) is 5.49. The van der Waals surface area contributed by atoms with Gasteiger partial charge in [0, 0.05) is 11.9 Å². The molecule has 1 N–H and O–H groups in total. The molecule has 21 heavy (non-hydrogen) atoms. The minimum atomic E-state index is -3.15.